The summed E-state index contributed by atoms with van der Waals surface area (Å²) < 4.78 is 5.42. The van der Waals surface area contributed by atoms with E-state index in [1.165, 1.54) is 0 Å². The summed E-state index contributed by atoms with van der Waals surface area (Å²) in [5.41, 5.74) is 2.24. The number of rotatable bonds is 5. The van der Waals surface area contributed by atoms with Crippen molar-refractivity contribution in [2.45, 2.75) is 11.3 Å². The quantitative estimate of drug-likeness (QED) is 0.600. The minimum atomic E-state index is -0.144. The second kappa shape index (κ2) is 9.00. The highest BCUT2D eigenvalue weighted by Gasteiger charge is 2.15. The number of fused-ring (bicyclic) bond motifs is 1. The molecule has 2 aromatic carbocycles. The SMILES string of the molecule is NSc1cc(NC(=O)Cc2ccccc2Cl)cc2nc(N3CCOCC3)ccc12. The number of hydrogen-bond acceptors (Lipinski definition) is 6. The van der Waals surface area contributed by atoms with Gasteiger partial charge in [0.05, 0.1) is 25.2 Å². The second-order valence-electron chi connectivity index (χ2n) is 6.74. The first-order valence-electron chi connectivity index (χ1n) is 9.31. The summed E-state index contributed by atoms with van der Waals surface area (Å²) in [6.45, 7) is 3.01. The van der Waals surface area contributed by atoms with Gasteiger partial charge in [0.1, 0.15) is 5.82 Å². The van der Waals surface area contributed by atoms with Crippen LogP contribution in [0.3, 0.4) is 0 Å². The van der Waals surface area contributed by atoms with Crippen LogP contribution < -0.4 is 15.4 Å². The van der Waals surface area contributed by atoms with E-state index in [-0.39, 0.29) is 12.3 Å². The zero-order valence-electron chi connectivity index (χ0n) is 15.7. The predicted octanol–water partition coefficient (Wildman–Crippen LogP) is 3.87. The van der Waals surface area contributed by atoms with Gasteiger partial charge in [-0.2, -0.15) is 0 Å². The Hall–Kier alpha value is -2.32. The molecule has 0 saturated carbocycles. The van der Waals surface area contributed by atoms with Crippen LogP contribution in [-0.4, -0.2) is 37.2 Å². The first-order chi connectivity index (χ1) is 14.1. The number of benzene rings is 2. The lowest BCUT2D eigenvalue weighted by Crippen LogP contribution is -2.36. The number of pyridine rings is 1. The summed E-state index contributed by atoms with van der Waals surface area (Å²) >= 11 is 7.31. The number of aromatic nitrogens is 1. The van der Waals surface area contributed by atoms with Crippen molar-refractivity contribution in [1.82, 2.24) is 4.98 Å². The van der Waals surface area contributed by atoms with Crippen LogP contribution in [0.2, 0.25) is 5.02 Å². The Morgan fingerprint density at radius 3 is 2.76 bits per heavy atom. The van der Waals surface area contributed by atoms with Gasteiger partial charge in [-0.05, 0) is 47.8 Å². The number of morpholine rings is 1. The average molecular weight is 429 g/mol. The van der Waals surface area contributed by atoms with E-state index in [4.69, 9.17) is 26.5 Å². The third-order valence-corrected chi connectivity index (χ3v) is 5.77. The minimum Gasteiger partial charge on any atom is -0.378 e. The van der Waals surface area contributed by atoms with E-state index in [0.717, 1.165) is 52.2 Å². The molecule has 1 aliphatic rings. The molecule has 1 saturated heterocycles. The molecule has 3 aromatic rings. The van der Waals surface area contributed by atoms with E-state index < -0.39 is 0 Å². The molecule has 2 heterocycles. The van der Waals surface area contributed by atoms with Gasteiger partial charge >= 0.3 is 0 Å². The Bertz CT molecular complexity index is 1040. The molecule has 0 radical (unpaired) electrons. The van der Waals surface area contributed by atoms with Gasteiger partial charge in [0.2, 0.25) is 5.91 Å². The van der Waals surface area contributed by atoms with Gasteiger partial charge in [-0.15, -0.1) is 0 Å². The monoisotopic (exact) mass is 428 g/mol. The zero-order valence-corrected chi connectivity index (χ0v) is 17.3. The number of ether oxygens (including phenoxy) is 1. The molecular weight excluding hydrogens is 408 g/mol. The molecule has 1 amide bonds. The molecule has 1 fully saturated rings. The lowest BCUT2D eigenvalue weighted by Gasteiger charge is -2.28. The summed E-state index contributed by atoms with van der Waals surface area (Å²) in [6, 6.07) is 15.1. The van der Waals surface area contributed by atoms with Gasteiger partial charge in [0.15, 0.2) is 0 Å². The number of nitrogens with two attached hydrogens (primary N) is 1. The molecule has 3 N–H and O–H groups in total. The fourth-order valence-corrected chi connectivity index (χ4v) is 4.05. The highest BCUT2D eigenvalue weighted by Crippen LogP contribution is 2.30. The summed E-state index contributed by atoms with van der Waals surface area (Å²) in [4.78, 5) is 20.4. The second-order valence-corrected chi connectivity index (χ2v) is 7.83. The largest absolute Gasteiger partial charge is 0.378 e. The van der Waals surface area contributed by atoms with Crippen molar-refractivity contribution in [3.8, 4) is 0 Å². The molecule has 0 atom stereocenters. The van der Waals surface area contributed by atoms with Crippen molar-refractivity contribution >= 4 is 51.9 Å². The highest BCUT2D eigenvalue weighted by molar-refractivity contribution is 7.97. The number of carbonyl (C=O) groups is 1. The standard InChI is InChI=1S/C21H21ClN4O2S/c22-17-4-2-1-3-14(17)11-21(27)24-15-12-18-16(19(13-15)29-23)5-6-20(25-18)26-7-9-28-10-8-26/h1-6,12-13H,7-11,23H2,(H,24,27). The molecule has 1 aromatic heterocycles. The van der Waals surface area contributed by atoms with Crippen LogP contribution in [0.25, 0.3) is 10.9 Å². The van der Waals surface area contributed by atoms with E-state index in [9.17, 15) is 4.79 Å². The maximum atomic E-state index is 12.5. The van der Waals surface area contributed by atoms with Gasteiger partial charge in [0.25, 0.3) is 0 Å². The first-order valence-corrected chi connectivity index (χ1v) is 10.6. The van der Waals surface area contributed by atoms with Crippen molar-refractivity contribution in [3.05, 3.63) is 59.1 Å². The van der Waals surface area contributed by atoms with Crippen LogP contribution in [0.5, 0.6) is 0 Å². The maximum Gasteiger partial charge on any atom is 0.228 e. The Morgan fingerprint density at radius 2 is 2.00 bits per heavy atom. The van der Waals surface area contributed by atoms with E-state index >= 15 is 0 Å². The summed E-state index contributed by atoms with van der Waals surface area (Å²) in [5.74, 6) is 0.753. The summed E-state index contributed by atoms with van der Waals surface area (Å²) in [5, 5.41) is 10.4. The number of nitrogens with zero attached hydrogens (tertiary/aromatic N) is 2. The number of halogens is 1. The number of amides is 1. The molecule has 0 unspecified atom stereocenters. The van der Waals surface area contributed by atoms with Crippen LogP contribution in [0, 0.1) is 0 Å². The van der Waals surface area contributed by atoms with Gasteiger partial charge in [0, 0.05) is 34.1 Å². The number of nitrogens with one attached hydrogen (secondary N) is 1. The van der Waals surface area contributed by atoms with E-state index in [1.807, 2.05) is 42.5 Å². The molecule has 1 aliphatic heterocycles. The van der Waals surface area contributed by atoms with Crippen molar-refractivity contribution in [3.63, 3.8) is 0 Å². The third kappa shape index (κ3) is 4.64. The van der Waals surface area contributed by atoms with Crippen molar-refractivity contribution in [2.75, 3.05) is 36.5 Å². The van der Waals surface area contributed by atoms with Crippen LogP contribution in [-0.2, 0) is 16.0 Å². The number of anilines is 2. The molecule has 29 heavy (non-hydrogen) atoms. The molecular formula is C21H21ClN4O2S. The molecule has 6 nitrogen and oxygen atoms in total. The van der Waals surface area contributed by atoms with Crippen molar-refractivity contribution in [2.24, 2.45) is 5.14 Å². The topological polar surface area (TPSA) is 80.5 Å². The van der Waals surface area contributed by atoms with Gasteiger partial charge in [-0.25, -0.2) is 4.98 Å². The van der Waals surface area contributed by atoms with Gasteiger partial charge < -0.3 is 15.0 Å². The Balaban J connectivity index is 1.60. The summed E-state index contributed by atoms with van der Waals surface area (Å²) in [6.07, 6.45) is 0.198. The lowest BCUT2D eigenvalue weighted by atomic mass is 10.1. The van der Waals surface area contributed by atoms with Crippen LogP contribution in [0.15, 0.2) is 53.4 Å². The third-order valence-electron chi connectivity index (χ3n) is 4.81. The van der Waals surface area contributed by atoms with E-state index in [2.05, 4.69) is 10.2 Å². The summed E-state index contributed by atoms with van der Waals surface area (Å²) in [7, 11) is 0. The smallest absolute Gasteiger partial charge is 0.228 e. The fourth-order valence-electron chi connectivity index (χ4n) is 3.35. The van der Waals surface area contributed by atoms with Crippen molar-refractivity contribution in [1.29, 1.82) is 0 Å². The zero-order chi connectivity index (χ0) is 20.2. The van der Waals surface area contributed by atoms with E-state index in [1.54, 1.807) is 6.07 Å². The molecule has 0 bridgehead atoms. The molecule has 0 spiro atoms. The first kappa shape index (κ1) is 20.0. The Morgan fingerprint density at radius 1 is 1.21 bits per heavy atom. The normalized spacial score (nSPS) is 14.2. The lowest BCUT2D eigenvalue weighted by molar-refractivity contribution is -0.115. The van der Waals surface area contributed by atoms with Crippen molar-refractivity contribution < 1.29 is 9.53 Å². The van der Waals surface area contributed by atoms with Crippen LogP contribution in [0.1, 0.15) is 5.56 Å². The van der Waals surface area contributed by atoms with E-state index in [0.29, 0.717) is 23.9 Å². The Labute approximate surface area is 178 Å². The minimum absolute atomic E-state index is 0.144. The van der Waals surface area contributed by atoms with Gasteiger partial charge in [-0.1, -0.05) is 29.8 Å². The molecule has 150 valence electrons. The maximum absolute atomic E-state index is 12.5. The highest BCUT2D eigenvalue weighted by atomic mass is 35.5. The number of carbonyl (C=O) groups excluding carboxylic acids is 1. The molecule has 4 rings (SSSR count). The van der Waals surface area contributed by atoms with Crippen LogP contribution in [0.4, 0.5) is 11.5 Å². The molecule has 0 aliphatic carbocycles. The average Bonchev–Trinajstić information content (AvgIpc) is 2.75. The number of hydrogen-bond donors (Lipinski definition) is 2. The van der Waals surface area contributed by atoms with Gasteiger partial charge in [-0.3, -0.25) is 9.93 Å². The van der Waals surface area contributed by atoms with Crippen LogP contribution >= 0.6 is 23.5 Å². The predicted molar refractivity (Wildman–Crippen MR) is 119 cm³/mol. The fraction of sp³-hybridized carbons (Fsp3) is 0.238. The molecule has 8 heteroatoms. The Kier molecular flexibility index (Phi) is 6.20.